The summed E-state index contributed by atoms with van der Waals surface area (Å²) in [6.07, 6.45) is 3.62. The predicted octanol–water partition coefficient (Wildman–Crippen LogP) is 4.59. The van der Waals surface area contributed by atoms with E-state index in [1.54, 1.807) is 4.68 Å². The monoisotopic (exact) mass is 497 g/mol. The second-order valence-electron chi connectivity index (χ2n) is 8.71. The molecule has 2 aromatic carbocycles. The largest absolute Gasteiger partial charge is 0.317 e. The number of aromatic nitrogens is 3. The van der Waals surface area contributed by atoms with Gasteiger partial charge < -0.3 is 5.32 Å². The molecular formula is C25H25F2N5O2S. The first-order chi connectivity index (χ1) is 16.8. The Bertz CT molecular complexity index is 1480. The van der Waals surface area contributed by atoms with E-state index in [1.807, 2.05) is 19.1 Å². The van der Waals surface area contributed by atoms with Crippen LogP contribution in [-0.2, 0) is 10.0 Å². The lowest BCUT2D eigenvalue weighted by Crippen LogP contribution is -2.27. The summed E-state index contributed by atoms with van der Waals surface area (Å²) in [5.74, 6) is -1.57. The summed E-state index contributed by atoms with van der Waals surface area (Å²) in [6, 6.07) is 14.2. The van der Waals surface area contributed by atoms with Crippen LogP contribution in [0, 0.1) is 11.8 Å². The Kier molecular flexibility index (Phi) is 6.24. The molecule has 2 N–H and O–H groups in total. The molecule has 3 heterocycles. The van der Waals surface area contributed by atoms with Gasteiger partial charge in [-0.15, -0.1) is 0 Å². The SMILES string of the molecule is CC(c1ccccc1C1CCNCC1)n1ncc2cc(S(=O)(=O)Nc3cccc(F)n3)c(F)cc21. The lowest BCUT2D eigenvalue weighted by atomic mass is 9.85. The van der Waals surface area contributed by atoms with E-state index >= 15 is 4.39 Å². The molecular weight excluding hydrogens is 472 g/mol. The van der Waals surface area contributed by atoms with Gasteiger partial charge in [0.05, 0.1) is 17.8 Å². The Morgan fingerprint density at radius 2 is 1.86 bits per heavy atom. The molecule has 0 radical (unpaired) electrons. The van der Waals surface area contributed by atoms with Gasteiger partial charge >= 0.3 is 0 Å². The van der Waals surface area contributed by atoms with E-state index in [1.165, 1.54) is 36.0 Å². The molecule has 0 bridgehead atoms. The van der Waals surface area contributed by atoms with Crippen LogP contribution in [0.2, 0.25) is 0 Å². The molecule has 0 aliphatic carbocycles. The molecule has 1 aliphatic rings. The molecule has 1 atom stereocenters. The number of hydrogen-bond donors (Lipinski definition) is 2. The zero-order valence-corrected chi connectivity index (χ0v) is 19.9. The predicted molar refractivity (Wildman–Crippen MR) is 130 cm³/mol. The third-order valence-electron chi connectivity index (χ3n) is 6.48. The van der Waals surface area contributed by atoms with E-state index < -0.39 is 26.7 Å². The first-order valence-corrected chi connectivity index (χ1v) is 12.9. The first kappa shape index (κ1) is 23.4. The summed E-state index contributed by atoms with van der Waals surface area (Å²) >= 11 is 0. The van der Waals surface area contributed by atoms with Gasteiger partial charge in [0, 0.05) is 11.5 Å². The lowest BCUT2D eigenvalue weighted by Gasteiger charge is -2.27. The lowest BCUT2D eigenvalue weighted by molar-refractivity contribution is 0.453. The quantitative estimate of drug-likeness (QED) is 0.381. The Morgan fingerprint density at radius 1 is 1.09 bits per heavy atom. The fraction of sp³-hybridized carbons (Fsp3) is 0.280. The Hall–Kier alpha value is -3.37. The van der Waals surface area contributed by atoms with E-state index in [0.29, 0.717) is 16.8 Å². The Morgan fingerprint density at radius 3 is 2.63 bits per heavy atom. The summed E-state index contributed by atoms with van der Waals surface area (Å²) in [5.41, 5.74) is 2.86. The zero-order chi connectivity index (χ0) is 24.6. The van der Waals surface area contributed by atoms with Crippen LogP contribution in [0.1, 0.15) is 42.9 Å². The molecule has 10 heteroatoms. The molecule has 7 nitrogen and oxygen atoms in total. The normalized spacial score (nSPS) is 15.9. The molecule has 1 aliphatic heterocycles. The maximum atomic E-state index is 15.1. The van der Waals surface area contributed by atoms with Crippen molar-refractivity contribution in [2.75, 3.05) is 17.8 Å². The van der Waals surface area contributed by atoms with Gasteiger partial charge in [-0.3, -0.25) is 9.40 Å². The van der Waals surface area contributed by atoms with E-state index in [0.717, 1.165) is 37.6 Å². The number of pyridine rings is 1. The molecule has 5 rings (SSSR count). The molecule has 0 spiro atoms. The minimum Gasteiger partial charge on any atom is -0.317 e. The van der Waals surface area contributed by atoms with Crippen LogP contribution < -0.4 is 10.0 Å². The summed E-state index contributed by atoms with van der Waals surface area (Å²) in [6.45, 7) is 3.95. The van der Waals surface area contributed by atoms with Gasteiger partial charge in [-0.2, -0.15) is 9.49 Å². The number of nitrogens with zero attached hydrogens (tertiary/aromatic N) is 3. The molecule has 0 amide bonds. The topological polar surface area (TPSA) is 88.9 Å². The maximum absolute atomic E-state index is 15.1. The molecule has 1 fully saturated rings. The van der Waals surface area contributed by atoms with Gasteiger partial charge in [-0.05, 0) is 68.1 Å². The minimum atomic E-state index is -4.33. The van der Waals surface area contributed by atoms with E-state index in [-0.39, 0.29) is 11.9 Å². The van der Waals surface area contributed by atoms with Crippen molar-refractivity contribution in [1.29, 1.82) is 0 Å². The molecule has 35 heavy (non-hydrogen) atoms. The van der Waals surface area contributed by atoms with Crippen molar-refractivity contribution in [1.82, 2.24) is 20.1 Å². The maximum Gasteiger partial charge on any atom is 0.265 e. The second kappa shape index (κ2) is 9.35. The Balaban J connectivity index is 1.50. The third-order valence-corrected chi connectivity index (χ3v) is 7.85. The van der Waals surface area contributed by atoms with Gasteiger partial charge in [0.15, 0.2) is 0 Å². The van der Waals surface area contributed by atoms with Crippen LogP contribution in [-0.4, -0.2) is 36.3 Å². The number of benzene rings is 2. The van der Waals surface area contributed by atoms with Gasteiger partial charge in [0.25, 0.3) is 10.0 Å². The van der Waals surface area contributed by atoms with Crippen LogP contribution in [0.5, 0.6) is 0 Å². The second-order valence-corrected chi connectivity index (χ2v) is 10.4. The Labute approximate surface area is 202 Å². The van der Waals surface area contributed by atoms with Gasteiger partial charge in [-0.25, -0.2) is 17.8 Å². The highest BCUT2D eigenvalue weighted by atomic mass is 32.2. The van der Waals surface area contributed by atoms with Crippen molar-refractivity contribution in [3.63, 3.8) is 0 Å². The summed E-state index contributed by atoms with van der Waals surface area (Å²) in [7, 11) is -4.33. The van der Waals surface area contributed by atoms with Crippen molar-refractivity contribution in [3.8, 4) is 0 Å². The highest BCUT2D eigenvalue weighted by Crippen LogP contribution is 2.34. The van der Waals surface area contributed by atoms with Crippen LogP contribution in [0.3, 0.4) is 0 Å². The van der Waals surface area contributed by atoms with Crippen LogP contribution >= 0.6 is 0 Å². The average molecular weight is 498 g/mol. The first-order valence-electron chi connectivity index (χ1n) is 11.4. The molecule has 182 valence electrons. The van der Waals surface area contributed by atoms with E-state index in [2.05, 4.69) is 32.3 Å². The molecule has 2 aromatic heterocycles. The number of piperidine rings is 1. The number of rotatable bonds is 6. The highest BCUT2D eigenvalue weighted by Gasteiger charge is 2.25. The number of nitrogens with one attached hydrogen (secondary N) is 2. The van der Waals surface area contributed by atoms with Crippen LogP contribution in [0.15, 0.2) is 65.7 Å². The van der Waals surface area contributed by atoms with Crippen molar-refractivity contribution in [3.05, 3.63) is 83.7 Å². The van der Waals surface area contributed by atoms with Crippen molar-refractivity contribution in [2.45, 2.75) is 36.6 Å². The number of fused-ring (bicyclic) bond motifs is 1. The highest BCUT2D eigenvalue weighted by molar-refractivity contribution is 7.92. The van der Waals surface area contributed by atoms with Crippen molar-refractivity contribution in [2.24, 2.45) is 0 Å². The smallest absolute Gasteiger partial charge is 0.265 e. The van der Waals surface area contributed by atoms with Gasteiger partial charge in [0.1, 0.15) is 16.5 Å². The number of sulfonamides is 1. The summed E-state index contributed by atoms with van der Waals surface area (Å²) < 4.78 is 58.0. The van der Waals surface area contributed by atoms with Crippen molar-refractivity contribution < 1.29 is 17.2 Å². The molecule has 1 unspecified atom stereocenters. The molecule has 0 saturated carbocycles. The summed E-state index contributed by atoms with van der Waals surface area (Å²) in [5, 5.41) is 8.35. The van der Waals surface area contributed by atoms with Crippen molar-refractivity contribution >= 4 is 26.7 Å². The van der Waals surface area contributed by atoms with E-state index in [4.69, 9.17) is 0 Å². The summed E-state index contributed by atoms with van der Waals surface area (Å²) in [4.78, 5) is 2.93. The number of halogens is 2. The molecule has 1 saturated heterocycles. The fourth-order valence-corrected chi connectivity index (χ4v) is 5.84. The average Bonchev–Trinajstić information content (AvgIpc) is 3.26. The number of anilines is 1. The van der Waals surface area contributed by atoms with Gasteiger partial charge in [0.2, 0.25) is 5.95 Å². The zero-order valence-electron chi connectivity index (χ0n) is 19.1. The van der Waals surface area contributed by atoms with Gasteiger partial charge in [-0.1, -0.05) is 30.3 Å². The number of hydrogen-bond acceptors (Lipinski definition) is 5. The standard InChI is InChI=1S/C25H25F2N5O2S/c1-16(19-5-2-3-6-20(19)17-9-11-28-12-10-17)32-22-14-21(26)23(13-18(22)15-29-32)35(33,34)31-25-8-4-7-24(27)30-25/h2-8,13-17,28H,9-12H2,1H3,(H,30,31). The third kappa shape index (κ3) is 4.63. The van der Waals surface area contributed by atoms with Crippen LogP contribution in [0.25, 0.3) is 10.9 Å². The minimum absolute atomic E-state index is 0.185. The van der Waals surface area contributed by atoms with E-state index in [9.17, 15) is 12.8 Å². The fourth-order valence-electron chi connectivity index (χ4n) is 4.75. The molecule has 4 aromatic rings. The van der Waals surface area contributed by atoms with Crippen LogP contribution in [0.4, 0.5) is 14.6 Å².